The van der Waals surface area contributed by atoms with Crippen molar-refractivity contribution in [3.63, 3.8) is 0 Å². The predicted molar refractivity (Wildman–Crippen MR) is 150 cm³/mol. The third-order valence-electron chi connectivity index (χ3n) is 6.84. The smallest absolute Gasteiger partial charge is 0.257 e. The molecule has 4 aromatic rings. The number of carbonyl (C=O) groups excluding carboxylic acids is 1. The standard InChI is InChI=1S/C29H28ClN3O3S/c1-19-6-3-4-15-33(19)23-10-14-28-21(17-23)9-13-27(32-28)20-7-5-8-22(16-20)31-29(34)25-12-11-24(18-26(25)30)37(2,35)36/h5,7-14,16-19H,3-4,6,15H2,1-2H3,(H,31,34). The first kappa shape index (κ1) is 25.2. The number of halogens is 1. The number of amides is 1. The summed E-state index contributed by atoms with van der Waals surface area (Å²) < 4.78 is 23.5. The Labute approximate surface area is 222 Å². The molecule has 0 saturated carbocycles. The summed E-state index contributed by atoms with van der Waals surface area (Å²) in [7, 11) is -3.41. The third kappa shape index (κ3) is 5.48. The summed E-state index contributed by atoms with van der Waals surface area (Å²) in [6, 6.07) is 22.6. The van der Waals surface area contributed by atoms with Gasteiger partial charge in [0, 0.05) is 41.2 Å². The molecule has 1 amide bonds. The Morgan fingerprint density at radius 2 is 1.86 bits per heavy atom. The Bertz CT molecular complexity index is 1600. The molecule has 1 atom stereocenters. The molecule has 37 heavy (non-hydrogen) atoms. The zero-order valence-electron chi connectivity index (χ0n) is 20.7. The van der Waals surface area contributed by atoms with Gasteiger partial charge in [0.15, 0.2) is 9.84 Å². The fourth-order valence-corrected chi connectivity index (χ4v) is 5.78. The second kappa shape index (κ2) is 10.1. The van der Waals surface area contributed by atoms with Gasteiger partial charge in [0.1, 0.15) is 0 Å². The molecule has 1 aliphatic rings. The molecule has 1 unspecified atom stereocenters. The zero-order chi connectivity index (χ0) is 26.2. The second-order valence-corrected chi connectivity index (χ2v) is 12.0. The molecule has 0 bridgehead atoms. The van der Waals surface area contributed by atoms with Crippen LogP contribution in [-0.2, 0) is 9.84 Å². The van der Waals surface area contributed by atoms with Crippen LogP contribution in [0.3, 0.4) is 0 Å². The van der Waals surface area contributed by atoms with Crippen molar-refractivity contribution in [1.29, 1.82) is 0 Å². The molecular formula is C29H28ClN3O3S. The van der Waals surface area contributed by atoms with Crippen LogP contribution in [0.15, 0.2) is 77.7 Å². The van der Waals surface area contributed by atoms with Crippen molar-refractivity contribution in [2.75, 3.05) is 23.0 Å². The summed E-state index contributed by atoms with van der Waals surface area (Å²) in [6.45, 7) is 3.37. The molecule has 1 fully saturated rings. The summed E-state index contributed by atoms with van der Waals surface area (Å²) in [5, 5.41) is 4.01. The van der Waals surface area contributed by atoms with Crippen molar-refractivity contribution < 1.29 is 13.2 Å². The van der Waals surface area contributed by atoms with Gasteiger partial charge in [-0.2, -0.15) is 0 Å². The van der Waals surface area contributed by atoms with Gasteiger partial charge in [0.2, 0.25) is 0 Å². The minimum Gasteiger partial charge on any atom is -0.369 e. The van der Waals surface area contributed by atoms with E-state index in [4.69, 9.17) is 16.6 Å². The number of sulfone groups is 1. The molecule has 1 aliphatic heterocycles. The summed E-state index contributed by atoms with van der Waals surface area (Å²) in [5.74, 6) is -0.423. The number of aromatic nitrogens is 1. The fourth-order valence-electron chi connectivity index (χ4n) is 4.80. The van der Waals surface area contributed by atoms with E-state index in [1.807, 2.05) is 24.3 Å². The number of carbonyl (C=O) groups is 1. The zero-order valence-corrected chi connectivity index (χ0v) is 22.3. The Kier molecular flexibility index (Phi) is 6.92. The van der Waals surface area contributed by atoms with E-state index in [-0.39, 0.29) is 15.5 Å². The van der Waals surface area contributed by atoms with Gasteiger partial charge in [-0.05, 0) is 80.8 Å². The molecule has 0 radical (unpaired) electrons. The minimum atomic E-state index is -3.41. The van der Waals surface area contributed by atoms with E-state index in [9.17, 15) is 13.2 Å². The second-order valence-electron chi connectivity index (χ2n) is 9.56. The van der Waals surface area contributed by atoms with Crippen LogP contribution < -0.4 is 10.2 Å². The summed E-state index contributed by atoms with van der Waals surface area (Å²) >= 11 is 6.21. The van der Waals surface area contributed by atoms with E-state index in [1.54, 1.807) is 6.07 Å². The lowest BCUT2D eigenvalue weighted by atomic mass is 10.0. The number of anilines is 2. The molecule has 5 rings (SSSR count). The minimum absolute atomic E-state index is 0.0657. The predicted octanol–water partition coefficient (Wildman–Crippen LogP) is 6.59. The molecular weight excluding hydrogens is 506 g/mol. The van der Waals surface area contributed by atoms with Gasteiger partial charge >= 0.3 is 0 Å². The monoisotopic (exact) mass is 533 g/mol. The van der Waals surface area contributed by atoms with Gasteiger partial charge < -0.3 is 10.2 Å². The number of rotatable bonds is 5. The van der Waals surface area contributed by atoms with Crippen molar-refractivity contribution >= 4 is 49.6 Å². The quantitative estimate of drug-likeness (QED) is 0.313. The summed E-state index contributed by atoms with van der Waals surface area (Å²) in [4.78, 5) is 20.2. The highest BCUT2D eigenvalue weighted by atomic mass is 35.5. The average molecular weight is 534 g/mol. The van der Waals surface area contributed by atoms with Gasteiger partial charge in [-0.3, -0.25) is 4.79 Å². The van der Waals surface area contributed by atoms with Gasteiger partial charge in [0.05, 0.1) is 26.7 Å². The first-order chi connectivity index (χ1) is 17.7. The van der Waals surface area contributed by atoms with Crippen LogP contribution in [0.1, 0.15) is 36.5 Å². The molecule has 3 aromatic carbocycles. The normalized spacial score (nSPS) is 16.1. The number of piperidine rings is 1. The van der Waals surface area contributed by atoms with E-state index in [0.717, 1.165) is 35.0 Å². The van der Waals surface area contributed by atoms with Gasteiger partial charge in [0.25, 0.3) is 5.91 Å². The highest BCUT2D eigenvalue weighted by Crippen LogP contribution is 2.30. The highest BCUT2D eigenvalue weighted by molar-refractivity contribution is 7.90. The number of pyridine rings is 1. The van der Waals surface area contributed by atoms with Crippen molar-refractivity contribution in [2.45, 2.75) is 37.1 Å². The Morgan fingerprint density at radius 3 is 2.62 bits per heavy atom. The molecule has 1 saturated heterocycles. The van der Waals surface area contributed by atoms with E-state index >= 15 is 0 Å². The number of benzene rings is 3. The summed E-state index contributed by atoms with van der Waals surface area (Å²) in [5.41, 5.74) is 4.61. The van der Waals surface area contributed by atoms with Crippen LogP contribution in [-0.4, -0.2) is 38.2 Å². The fraction of sp³-hybridized carbons (Fsp3) is 0.241. The van der Waals surface area contributed by atoms with Crippen molar-refractivity contribution in [3.8, 4) is 11.3 Å². The maximum Gasteiger partial charge on any atom is 0.257 e. The molecule has 8 heteroatoms. The Morgan fingerprint density at radius 1 is 1.03 bits per heavy atom. The highest BCUT2D eigenvalue weighted by Gasteiger charge is 2.19. The SMILES string of the molecule is CC1CCCCN1c1ccc2nc(-c3cccc(NC(=O)c4ccc(S(C)(=O)=O)cc4Cl)c3)ccc2c1. The number of fused-ring (bicyclic) bond motifs is 1. The average Bonchev–Trinajstić information content (AvgIpc) is 2.88. The molecule has 0 spiro atoms. The number of hydrogen-bond acceptors (Lipinski definition) is 5. The van der Waals surface area contributed by atoms with Gasteiger partial charge in [-0.15, -0.1) is 0 Å². The number of nitrogens with one attached hydrogen (secondary N) is 1. The van der Waals surface area contributed by atoms with Crippen molar-refractivity contribution in [1.82, 2.24) is 4.98 Å². The molecule has 190 valence electrons. The molecule has 0 aliphatic carbocycles. The maximum atomic E-state index is 12.8. The van der Waals surface area contributed by atoms with Gasteiger partial charge in [-0.1, -0.05) is 29.8 Å². The van der Waals surface area contributed by atoms with Crippen LogP contribution in [0.4, 0.5) is 11.4 Å². The first-order valence-corrected chi connectivity index (χ1v) is 14.5. The van der Waals surface area contributed by atoms with E-state index < -0.39 is 15.7 Å². The van der Waals surface area contributed by atoms with Crippen LogP contribution >= 0.6 is 11.6 Å². The lowest BCUT2D eigenvalue weighted by molar-refractivity contribution is 0.102. The van der Waals surface area contributed by atoms with E-state index in [1.165, 1.54) is 43.1 Å². The Hall–Kier alpha value is -3.42. The topological polar surface area (TPSA) is 79.4 Å². The lowest BCUT2D eigenvalue weighted by Gasteiger charge is -2.35. The summed E-state index contributed by atoms with van der Waals surface area (Å²) in [6.07, 6.45) is 4.84. The largest absolute Gasteiger partial charge is 0.369 e. The molecule has 2 heterocycles. The van der Waals surface area contributed by atoms with Crippen molar-refractivity contribution in [3.05, 3.63) is 83.4 Å². The molecule has 6 nitrogen and oxygen atoms in total. The van der Waals surface area contributed by atoms with Gasteiger partial charge in [-0.25, -0.2) is 13.4 Å². The van der Waals surface area contributed by atoms with E-state index in [2.05, 4.69) is 41.4 Å². The first-order valence-electron chi connectivity index (χ1n) is 12.3. The molecule has 1 aromatic heterocycles. The lowest BCUT2D eigenvalue weighted by Crippen LogP contribution is -2.37. The van der Waals surface area contributed by atoms with Crippen molar-refractivity contribution in [2.24, 2.45) is 0 Å². The van der Waals surface area contributed by atoms with Crippen LogP contribution in [0.2, 0.25) is 5.02 Å². The third-order valence-corrected chi connectivity index (χ3v) is 8.26. The number of nitrogens with zero attached hydrogens (tertiary/aromatic N) is 2. The van der Waals surface area contributed by atoms with Crippen LogP contribution in [0, 0.1) is 0 Å². The number of hydrogen-bond donors (Lipinski definition) is 1. The maximum absolute atomic E-state index is 12.8. The van der Waals surface area contributed by atoms with E-state index in [0.29, 0.717) is 11.7 Å². The van der Waals surface area contributed by atoms with Crippen LogP contribution in [0.5, 0.6) is 0 Å². The van der Waals surface area contributed by atoms with Crippen LogP contribution in [0.25, 0.3) is 22.2 Å². The Balaban J connectivity index is 1.37. The molecule has 1 N–H and O–H groups in total.